The van der Waals surface area contributed by atoms with Crippen LogP contribution in [0.5, 0.6) is 0 Å². The van der Waals surface area contributed by atoms with Crippen molar-refractivity contribution >= 4 is 6.08 Å². The molecule has 0 radical (unpaired) electrons. The van der Waals surface area contributed by atoms with Crippen LogP contribution >= 0.6 is 0 Å². The van der Waals surface area contributed by atoms with Gasteiger partial charge >= 0.3 is 0 Å². The maximum atomic E-state index is 10.1. The quantitative estimate of drug-likeness (QED) is 0.486. The highest BCUT2D eigenvalue weighted by molar-refractivity contribution is 5.33. The van der Waals surface area contributed by atoms with E-state index in [0.29, 0.717) is 5.92 Å². The Balaban J connectivity index is 2.35. The van der Waals surface area contributed by atoms with Crippen LogP contribution in [0.3, 0.4) is 0 Å². The van der Waals surface area contributed by atoms with Gasteiger partial charge in [-0.1, -0.05) is 26.2 Å². The van der Waals surface area contributed by atoms with Crippen molar-refractivity contribution in [2.24, 2.45) is 16.8 Å². The van der Waals surface area contributed by atoms with Gasteiger partial charge in [0.15, 0.2) is 0 Å². The smallest absolute Gasteiger partial charge is 0.211 e. The lowest BCUT2D eigenvalue weighted by Crippen LogP contribution is -2.22. The summed E-state index contributed by atoms with van der Waals surface area (Å²) in [6.45, 7) is 4.29. The molecule has 0 bridgehead atoms. The van der Waals surface area contributed by atoms with Crippen LogP contribution in [-0.4, -0.2) is 12.1 Å². The van der Waals surface area contributed by atoms with Crippen LogP contribution in [0.2, 0.25) is 0 Å². The predicted octanol–water partition coefficient (Wildman–Crippen LogP) is 2.93. The average Bonchev–Trinajstić information content (AvgIpc) is 2.18. The highest BCUT2D eigenvalue weighted by Gasteiger charge is 2.23. The standard InChI is InChI=1S/C11H19NO/c1-3-10-4-6-11(7-5-10)9(2)12-8-13/h9-11H,3-7H2,1-2H3. The van der Waals surface area contributed by atoms with Crippen molar-refractivity contribution in [1.29, 1.82) is 0 Å². The first-order valence-electron chi connectivity index (χ1n) is 5.34. The largest absolute Gasteiger partial charge is 0.235 e. The third kappa shape index (κ3) is 2.96. The summed E-state index contributed by atoms with van der Waals surface area (Å²) in [7, 11) is 0. The van der Waals surface area contributed by atoms with Crippen molar-refractivity contribution in [1.82, 2.24) is 0 Å². The SMILES string of the molecule is CCC1CCC(C(C)N=C=O)CC1. The molecular weight excluding hydrogens is 162 g/mol. The number of hydrogen-bond acceptors (Lipinski definition) is 2. The zero-order valence-corrected chi connectivity index (χ0v) is 8.62. The number of hydrogen-bond donors (Lipinski definition) is 0. The van der Waals surface area contributed by atoms with E-state index in [1.807, 2.05) is 6.92 Å². The number of aliphatic imine (C=N–C) groups is 1. The summed E-state index contributed by atoms with van der Waals surface area (Å²) in [5, 5.41) is 0. The van der Waals surface area contributed by atoms with Crippen molar-refractivity contribution in [3.8, 4) is 0 Å². The van der Waals surface area contributed by atoms with Crippen LogP contribution < -0.4 is 0 Å². The van der Waals surface area contributed by atoms with Crippen LogP contribution in [0.25, 0.3) is 0 Å². The van der Waals surface area contributed by atoms with Crippen LogP contribution in [0, 0.1) is 11.8 Å². The van der Waals surface area contributed by atoms with Gasteiger partial charge in [-0.05, 0) is 31.6 Å². The fraction of sp³-hybridized carbons (Fsp3) is 0.909. The number of nitrogens with zero attached hydrogens (tertiary/aromatic N) is 1. The van der Waals surface area contributed by atoms with E-state index in [-0.39, 0.29) is 6.04 Å². The Labute approximate surface area is 80.4 Å². The Morgan fingerprint density at radius 3 is 2.46 bits per heavy atom. The Morgan fingerprint density at radius 2 is 2.00 bits per heavy atom. The van der Waals surface area contributed by atoms with E-state index in [1.165, 1.54) is 32.1 Å². The van der Waals surface area contributed by atoms with E-state index >= 15 is 0 Å². The fourth-order valence-electron chi connectivity index (χ4n) is 2.27. The van der Waals surface area contributed by atoms with E-state index in [0.717, 1.165) is 5.92 Å². The van der Waals surface area contributed by atoms with Gasteiger partial charge in [0, 0.05) is 0 Å². The fourth-order valence-corrected chi connectivity index (χ4v) is 2.27. The first-order valence-corrected chi connectivity index (χ1v) is 5.34. The lowest BCUT2D eigenvalue weighted by atomic mass is 9.78. The lowest BCUT2D eigenvalue weighted by Gasteiger charge is -2.29. The van der Waals surface area contributed by atoms with Crippen LogP contribution in [0.15, 0.2) is 4.99 Å². The number of isocyanates is 1. The van der Waals surface area contributed by atoms with Gasteiger partial charge in [0.25, 0.3) is 0 Å². The zero-order valence-electron chi connectivity index (χ0n) is 8.62. The Bertz CT molecular complexity index is 188. The maximum Gasteiger partial charge on any atom is 0.235 e. The van der Waals surface area contributed by atoms with E-state index in [2.05, 4.69) is 11.9 Å². The summed E-state index contributed by atoms with van der Waals surface area (Å²) in [6.07, 6.45) is 8.09. The van der Waals surface area contributed by atoms with Gasteiger partial charge in [-0.3, -0.25) is 0 Å². The molecule has 0 N–H and O–H groups in total. The second-order valence-corrected chi connectivity index (χ2v) is 4.15. The third-order valence-corrected chi connectivity index (χ3v) is 3.41. The Kier molecular flexibility index (Phi) is 4.17. The molecule has 1 rings (SSSR count). The molecule has 0 saturated heterocycles. The molecule has 0 heterocycles. The minimum absolute atomic E-state index is 0.190. The summed E-state index contributed by atoms with van der Waals surface area (Å²) < 4.78 is 0. The second-order valence-electron chi connectivity index (χ2n) is 4.15. The molecular formula is C11H19NO. The van der Waals surface area contributed by atoms with E-state index in [9.17, 15) is 4.79 Å². The van der Waals surface area contributed by atoms with Crippen LogP contribution in [0.4, 0.5) is 0 Å². The topological polar surface area (TPSA) is 29.4 Å². The van der Waals surface area contributed by atoms with Crippen molar-refractivity contribution in [3.05, 3.63) is 0 Å². The minimum Gasteiger partial charge on any atom is -0.211 e. The molecule has 0 aromatic heterocycles. The molecule has 0 aromatic rings. The summed E-state index contributed by atoms with van der Waals surface area (Å²) in [6, 6.07) is 0.190. The first kappa shape index (κ1) is 10.5. The van der Waals surface area contributed by atoms with Gasteiger partial charge in [-0.15, -0.1) is 0 Å². The predicted molar refractivity (Wildman–Crippen MR) is 53.3 cm³/mol. The second kappa shape index (κ2) is 5.18. The lowest BCUT2D eigenvalue weighted by molar-refractivity contribution is 0.246. The molecule has 0 spiro atoms. The Morgan fingerprint density at radius 1 is 1.38 bits per heavy atom. The molecule has 1 fully saturated rings. The van der Waals surface area contributed by atoms with Gasteiger partial charge in [-0.25, -0.2) is 9.79 Å². The van der Waals surface area contributed by atoms with E-state index < -0.39 is 0 Å². The minimum atomic E-state index is 0.190. The molecule has 13 heavy (non-hydrogen) atoms. The first-order chi connectivity index (χ1) is 6.27. The summed E-state index contributed by atoms with van der Waals surface area (Å²) in [5.41, 5.74) is 0. The maximum absolute atomic E-state index is 10.1. The number of carbonyl (C=O) groups excluding carboxylic acids is 1. The molecule has 1 aliphatic rings. The normalized spacial score (nSPS) is 30.6. The molecule has 1 atom stereocenters. The molecule has 1 saturated carbocycles. The molecule has 2 nitrogen and oxygen atoms in total. The van der Waals surface area contributed by atoms with Crippen LogP contribution in [0.1, 0.15) is 46.0 Å². The van der Waals surface area contributed by atoms with Gasteiger partial charge < -0.3 is 0 Å². The number of rotatable bonds is 3. The van der Waals surface area contributed by atoms with Crippen molar-refractivity contribution in [3.63, 3.8) is 0 Å². The van der Waals surface area contributed by atoms with Crippen LogP contribution in [-0.2, 0) is 4.79 Å². The summed E-state index contributed by atoms with van der Waals surface area (Å²) in [4.78, 5) is 13.9. The molecule has 1 unspecified atom stereocenters. The van der Waals surface area contributed by atoms with Gasteiger partial charge in [0.05, 0.1) is 6.04 Å². The Hall–Kier alpha value is -0.620. The van der Waals surface area contributed by atoms with Gasteiger partial charge in [0.2, 0.25) is 6.08 Å². The summed E-state index contributed by atoms with van der Waals surface area (Å²) >= 11 is 0. The zero-order chi connectivity index (χ0) is 9.68. The molecule has 2 heteroatoms. The van der Waals surface area contributed by atoms with Crippen molar-refractivity contribution in [2.75, 3.05) is 0 Å². The molecule has 0 aliphatic heterocycles. The van der Waals surface area contributed by atoms with Crippen molar-refractivity contribution in [2.45, 2.75) is 52.0 Å². The molecule has 0 amide bonds. The van der Waals surface area contributed by atoms with Gasteiger partial charge in [0.1, 0.15) is 0 Å². The molecule has 1 aliphatic carbocycles. The van der Waals surface area contributed by atoms with E-state index in [4.69, 9.17) is 0 Å². The third-order valence-electron chi connectivity index (χ3n) is 3.41. The highest BCUT2D eigenvalue weighted by atomic mass is 16.1. The van der Waals surface area contributed by atoms with E-state index in [1.54, 1.807) is 6.08 Å². The highest BCUT2D eigenvalue weighted by Crippen LogP contribution is 2.33. The molecule has 0 aromatic carbocycles. The summed E-state index contributed by atoms with van der Waals surface area (Å²) in [5.74, 6) is 1.55. The monoisotopic (exact) mass is 181 g/mol. The van der Waals surface area contributed by atoms with Crippen molar-refractivity contribution < 1.29 is 4.79 Å². The van der Waals surface area contributed by atoms with Gasteiger partial charge in [-0.2, -0.15) is 0 Å². The average molecular weight is 181 g/mol. The molecule has 74 valence electrons.